The van der Waals surface area contributed by atoms with E-state index in [0.717, 1.165) is 0 Å². The molecule has 0 bridgehead atoms. The second-order valence-corrected chi connectivity index (χ2v) is 2.55. The van der Waals surface area contributed by atoms with Crippen LogP contribution in [0.1, 0.15) is 63.2 Å². The average molecular weight is 293 g/mol. The van der Waals surface area contributed by atoms with E-state index in [0.29, 0.717) is 16.8 Å². The van der Waals surface area contributed by atoms with Crippen LogP contribution in [0.4, 0.5) is 0 Å². The van der Waals surface area contributed by atoms with Gasteiger partial charge in [-0.25, -0.2) is 0 Å². The molecule has 0 aliphatic heterocycles. The number of nitrogens with one attached hydrogen (secondary N) is 1. The van der Waals surface area contributed by atoms with Crippen LogP contribution in [0.25, 0.3) is 0 Å². The van der Waals surface area contributed by atoms with Crippen LogP contribution in [-0.2, 0) is 0 Å². The maximum Gasteiger partial charge on any atom is 0.252 e. The van der Waals surface area contributed by atoms with Gasteiger partial charge in [0.1, 0.15) is 6.07 Å². The number of pyridine rings is 1. The molecule has 0 unspecified atom stereocenters. The molecule has 0 aromatic carbocycles. The van der Waals surface area contributed by atoms with Crippen molar-refractivity contribution in [2.45, 2.75) is 48.5 Å². The van der Waals surface area contributed by atoms with Gasteiger partial charge in [0.25, 0.3) is 5.91 Å². The van der Waals surface area contributed by atoms with E-state index >= 15 is 0 Å². The molecule has 1 N–H and O–H groups in total. The first-order valence-electron chi connectivity index (χ1n) is 7.28. The highest BCUT2D eigenvalue weighted by molar-refractivity contribution is 5.94. The summed E-state index contributed by atoms with van der Waals surface area (Å²) in [7, 11) is 1.54. The maximum absolute atomic E-state index is 11.1. The topological polar surface area (TPSA) is 65.8 Å². The molecule has 0 aliphatic carbocycles. The minimum Gasteiger partial charge on any atom is -0.355 e. The number of aryl methyl sites for hydroxylation is 1. The Bertz CT molecular complexity index is 396. The molecule has 0 saturated carbocycles. The lowest BCUT2D eigenvalue weighted by atomic mass is 10.1. The van der Waals surface area contributed by atoms with Crippen molar-refractivity contribution >= 4 is 5.91 Å². The summed E-state index contributed by atoms with van der Waals surface area (Å²) in [5.74, 6) is -0.232. The molecule has 4 nitrogen and oxygen atoms in total. The summed E-state index contributed by atoms with van der Waals surface area (Å²) in [6, 6.07) is 3.50. The van der Waals surface area contributed by atoms with Crippen LogP contribution in [0, 0.1) is 18.3 Å². The maximum atomic E-state index is 11.1. The molecule has 0 saturated heterocycles. The molecular weight excluding hydrogens is 262 g/mol. The summed E-state index contributed by atoms with van der Waals surface area (Å²) in [5, 5.41) is 11.1. The van der Waals surface area contributed by atoms with Crippen molar-refractivity contribution in [3.63, 3.8) is 0 Å². The molecule has 4 heteroatoms. The Kier molecular flexibility index (Phi) is 29.8. The number of nitrogens with zero attached hydrogens (tertiary/aromatic N) is 2. The van der Waals surface area contributed by atoms with Crippen LogP contribution >= 0.6 is 0 Å². The van der Waals surface area contributed by atoms with Crippen LogP contribution in [0.3, 0.4) is 0 Å². The molecule has 1 amide bonds. The van der Waals surface area contributed by atoms with Crippen molar-refractivity contribution in [3.05, 3.63) is 42.2 Å². The Morgan fingerprint density at radius 2 is 1.62 bits per heavy atom. The van der Waals surface area contributed by atoms with Gasteiger partial charge < -0.3 is 5.32 Å². The normalized spacial score (nSPS) is 6.62. The van der Waals surface area contributed by atoms with Crippen LogP contribution in [0.2, 0.25) is 0 Å². The van der Waals surface area contributed by atoms with Gasteiger partial charge >= 0.3 is 0 Å². The predicted molar refractivity (Wildman–Crippen MR) is 92.4 cm³/mol. The molecule has 1 heterocycles. The molecule has 1 rings (SSSR count). The van der Waals surface area contributed by atoms with Gasteiger partial charge in [-0.1, -0.05) is 41.5 Å². The molecule has 0 radical (unpaired) electrons. The van der Waals surface area contributed by atoms with E-state index in [2.05, 4.69) is 23.5 Å². The second kappa shape index (κ2) is 23.0. The van der Waals surface area contributed by atoms with Crippen molar-refractivity contribution in [3.8, 4) is 6.07 Å². The average Bonchev–Trinajstić information content (AvgIpc) is 2.61. The largest absolute Gasteiger partial charge is 0.355 e. The smallest absolute Gasteiger partial charge is 0.252 e. The summed E-state index contributed by atoms with van der Waals surface area (Å²) in [6.45, 7) is 19.7. The third-order valence-electron chi connectivity index (χ3n) is 1.70. The van der Waals surface area contributed by atoms with Gasteiger partial charge in [0.2, 0.25) is 0 Å². The summed E-state index contributed by atoms with van der Waals surface area (Å²) in [6.07, 6.45) is 1.45. The van der Waals surface area contributed by atoms with E-state index in [1.807, 2.05) is 47.6 Å². The zero-order valence-corrected chi connectivity index (χ0v) is 14.9. The Labute approximate surface area is 130 Å². The number of hydrogen-bond donors (Lipinski definition) is 1. The van der Waals surface area contributed by atoms with Crippen molar-refractivity contribution < 1.29 is 4.79 Å². The highest BCUT2D eigenvalue weighted by Gasteiger charge is 2.06. The van der Waals surface area contributed by atoms with Crippen molar-refractivity contribution in [2.75, 3.05) is 7.05 Å². The SMILES string of the molecule is C=C.CC.CC.CC.CNC(=O)c1cnc(C)c(C#N)c1. The van der Waals surface area contributed by atoms with E-state index < -0.39 is 0 Å². The molecule has 0 fully saturated rings. The summed E-state index contributed by atoms with van der Waals surface area (Å²) >= 11 is 0. The first kappa shape index (κ1) is 27.2. The van der Waals surface area contributed by atoms with Crippen LogP contribution in [0.15, 0.2) is 25.4 Å². The minimum atomic E-state index is -0.232. The van der Waals surface area contributed by atoms with Crippen molar-refractivity contribution in [1.82, 2.24) is 10.3 Å². The van der Waals surface area contributed by atoms with Crippen LogP contribution in [0.5, 0.6) is 0 Å². The monoisotopic (exact) mass is 293 g/mol. The number of aromatic nitrogens is 1. The highest BCUT2D eigenvalue weighted by Crippen LogP contribution is 2.06. The number of nitriles is 1. The molecule has 21 heavy (non-hydrogen) atoms. The Hall–Kier alpha value is -2.15. The molecule has 0 spiro atoms. The zero-order valence-electron chi connectivity index (χ0n) is 14.9. The lowest BCUT2D eigenvalue weighted by Gasteiger charge is -2.00. The van der Waals surface area contributed by atoms with E-state index in [1.54, 1.807) is 6.92 Å². The molecule has 0 atom stereocenters. The van der Waals surface area contributed by atoms with E-state index in [-0.39, 0.29) is 5.91 Å². The number of carbonyl (C=O) groups excluding carboxylic acids is 1. The molecule has 120 valence electrons. The molecule has 0 aliphatic rings. The highest BCUT2D eigenvalue weighted by atomic mass is 16.1. The fourth-order valence-corrected chi connectivity index (χ4v) is 0.915. The predicted octanol–water partition coefficient (Wildman–Crippen LogP) is 4.50. The van der Waals surface area contributed by atoms with Gasteiger partial charge in [-0.3, -0.25) is 9.78 Å². The lowest BCUT2D eigenvalue weighted by Crippen LogP contribution is -2.18. The number of hydrogen-bond acceptors (Lipinski definition) is 3. The Balaban J connectivity index is -0.000000156. The van der Waals surface area contributed by atoms with E-state index in [1.165, 1.54) is 19.3 Å². The number of amides is 1. The lowest BCUT2D eigenvalue weighted by molar-refractivity contribution is 0.0962. The summed E-state index contributed by atoms with van der Waals surface area (Å²) in [5.41, 5.74) is 1.47. The first-order chi connectivity index (χ1) is 10.2. The van der Waals surface area contributed by atoms with Crippen LogP contribution in [-0.4, -0.2) is 17.9 Å². The van der Waals surface area contributed by atoms with E-state index in [9.17, 15) is 4.79 Å². The fraction of sp³-hybridized carbons (Fsp3) is 0.471. The summed E-state index contributed by atoms with van der Waals surface area (Å²) < 4.78 is 0. The molecule has 1 aromatic heterocycles. The van der Waals surface area contributed by atoms with Crippen LogP contribution < -0.4 is 5.32 Å². The van der Waals surface area contributed by atoms with Crippen molar-refractivity contribution in [1.29, 1.82) is 5.26 Å². The third kappa shape index (κ3) is 12.6. The van der Waals surface area contributed by atoms with Gasteiger partial charge in [0.15, 0.2) is 0 Å². The number of carbonyl (C=O) groups is 1. The van der Waals surface area contributed by atoms with Gasteiger partial charge in [0.05, 0.1) is 16.8 Å². The van der Waals surface area contributed by atoms with E-state index in [4.69, 9.17) is 5.26 Å². The second-order valence-electron chi connectivity index (χ2n) is 2.55. The number of rotatable bonds is 1. The minimum absolute atomic E-state index is 0.232. The standard InChI is InChI=1S/C9H9N3O.3C2H6.C2H4/c1-6-7(4-10)3-8(5-12-6)9(13)11-2;4*1-2/h3,5H,1-2H3,(H,11,13);3*1-2H3;1-2H2. The van der Waals surface area contributed by atoms with Gasteiger partial charge in [-0.05, 0) is 13.0 Å². The zero-order chi connectivity index (χ0) is 17.8. The Morgan fingerprint density at radius 3 is 1.95 bits per heavy atom. The first-order valence-corrected chi connectivity index (χ1v) is 7.28. The van der Waals surface area contributed by atoms with Crippen molar-refractivity contribution in [2.24, 2.45) is 0 Å². The molecular formula is C17H31N3O. The summed E-state index contributed by atoms with van der Waals surface area (Å²) in [4.78, 5) is 15.1. The molecule has 1 aromatic rings. The Morgan fingerprint density at radius 1 is 1.19 bits per heavy atom. The third-order valence-corrected chi connectivity index (χ3v) is 1.70. The van der Waals surface area contributed by atoms with Gasteiger partial charge in [0, 0.05) is 13.2 Å². The van der Waals surface area contributed by atoms with Gasteiger partial charge in [-0.15, -0.1) is 13.2 Å². The quantitative estimate of drug-likeness (QED) is 0.775. The van der Waals surface area contributed by atoms with Gasteiger partial charge in [-0.2, -0.15) is 5.26 Å². The fourth-order valence-electron chi connectivity index (χ4n) is 0.915.